The third kappa shape index (κ3) is 2.34. The van der Waals surface area contributed by atoms with Crippen LogP contribution in [0, 0.1) is 6.92 Å². The van der Waals surface area contributed by atoms with E-state index in [4.69, 9.17) is 5.73 Å². The van der Waals surface area contributed by atoms with Crippen LogP contribution < -0.4 is 11.1 Å². The number of hydrogen-bond donors (Lipinski definition) is 2. The van der Waals surface area contributed by atoms with Crippen LogP contribution in [0.15, 0.2) is 0 Å². The fourth-order valence-electron chi connectivity index (χ4n) is 2.55. The highest BCUT2D eigenvalue weighted by Crippen LogP contribution is 2.28. The quantitative estimate of drug-likeness (QED) is 0.867. The average molecular weight is 268 g/mol. The Bertz CT molecular complexity index is 457. The first-order valence-electron chi connectivity index (χ1n) is 6.17. The molecule has 0 saturated heterocycles. The second kappa shape index (κ2) is 5.22. The van der Waals surface area contributed by atoms with Gasteiger partial charge in [0.1, 0.15) is 5.69 Å². The molecule has 1 fully saturated rings. The van der Waals surface area contributed by atoms with Gasteiger partial charge in [0, 0.05) is 18.3 Å². The van der Waals surface area contributed by atoms with E-state index in [2.05, 4.69) is 16.7 Å². The van der Waals surface area contributed by atoms with Crippen molar-refractivity contribution in [3.8, 4) is 0 Å². The van der Waals surface area contributed by atoms with Gasteiger partial charge in [0.25, 0.3) is 5.91 Å². The number of nitrogens with one attached hydrogen (secondary N) is 1. The molecule has 2 unspecified atom stereocenters. The van der Waals surface area contributed by atoms with E-state index >= 15 is 0 Å². The summed E-state index contributed by atoms with van der Waals surface area (Å²) >= 11 is 1.82. The number of thioether (sulfide) groups is 1. The number of anilines is 1. The summed E-state index contributed by atoms with van der Waals surface area (Å²) in [7, 11) is 1.75. The van der Waals surface area contributed by atoms with E-state index in [1.807, 2.05) is 18.7 Å². The minimum absolute atomic E-state index is 0.110. The van der Waals surface area contributed by atoms with Crippen molar-refractivity contribution in [2.75, 3.05) is 12.0 Å². The summed E-state index contributed by atoms with van der Waals surface area (Å²) in [5.41, 5.74) is 7.55. The number of carbonyl (C=O) groups is 1. The van der Waals surface area contributed by atoms with Crippen LogP contribution >= 0.6 is 11.8 Å². The second-order valence-electron chi connectivity index (χ2n) is 4.76. The standard InChI is InChI=1S/C12H20N4OS/c1-7-10(13)11(16(2)15-7)12(17)14-8-5-4-6-9(8)18-3/h8-9H,4-6,13H2,1-3H3,(H,14,17). The zero-order valence-electron chi connectivity index (χ0n) is 11.1. The molecule has 0 spiro atoms. The predicted molar refractivity (Wildman–Crippen MR) is 74.8 cm³/mol. The van der Waals surface area contributed by atoms with Crippen molar-refractivity contribution < 1.29 is 4.79 Å². The first kappa shape index (κ1) is 13.3. The van der Waals surface area contributed by atoms with Gasteiger partial charge in [-0.3, -0.25) is 9.48 Å². The molecular formula is C12H20N4OS. The Labute approximate surface area is 111 Å². The Hall–Kier alpha value is -1.17. The van der Waals surface area contributed by atoms with Crippen molar-refractivity contribution in [1.82, 2.24) is 15.1 Å². The molecule has 0 aromatic carbocycles. The van der Waals surface area contributed by atoms with Crippen molar-refractivity contribution in [2.24, 2.45) is 7.05 Å². The number of aromatic nitrogens is 2. The summed E-state index contributed by atoms with van der Waals surface area (Å²) in [6, 6.07) is 0.252. The molecule has 1 aliphatic carbocycles. The Morgan fingerprint density at radius 3 is 2.83 bits per heavy atom. The molecule has 18 heavy (non-hydrogen) atoms. The van der Waals surface area contributed by atoms with E-state index in [-0.39, 0.29) is 11.9 Å². The molecule has 1 amide bonds. The highest BCUT2D eigenvalue weighted by molar-refractivity contribution is 7.99. The molecule has 1 heterocycles. The molecule has 2 rings (SSSR count). The zero-order chi connectivity index (χ0) is 13.3. The summed E-state index contributed by atoms with van der Waals surface area (Å²) < 4.78 is 1.56. The monoisotopic (exact) mass is 268 g/mol. The molecule has 1 aromatic rings. The minimum atomic E-state index is -0.110. The van der Waals surface area contributed by atoms with Crippen LogP contribution in [0.2, 0.25) is 0 Å². The van der Waals surface area contributed by atoms with Gasteiger partial charge in [0.2, 0.25) is 0 Å². The van der Waals surface area contributed by atoms with E-state index in [1.165, 1.54) is 12.8 Å². The second-order valence-corrected chi connectivity index (χ2v) is 5.83. The Kier molecular flexibility index (Phi) is 3.85. The molecule has 0 aliphatic heterocycles. The maximum Gasteiger partial charge on any atom is 0.271 e. The first-order valence-corrected chi connectivity index (χ1v) is 7.46. The molecule has 1 aromatic heterocycles. The molecular weight excluding hydrogens is 248 g/mol. The van der Waals surface area contributed by atoms with E-state index in [0.29, 0.717) is 22.3 Å². The van der Waals surface area contributed by atoms with Gasteiger partial charge >= 0.3 is 0 Å². The molecule has 3 N–H and O–H groups in total. The minimum Gasteiger partial charge on any atom is -0.395 e. The number of nitrogen functional groups attached to an aromatic ring is 1. The maximum atomic E-state index is 12.3. The van der Waals surface area contributed by atoms with Crippen LogP contribution in [-0.4, -0.2) is 33.2 Å². The average Bonchev–Trinajstić information content (AvgIpc) is 2.85. The topological polar surface area (TPSA) is 72.9 Å². The Morgan fingerprint density at radius 1 is 1.56 bits per heavy atom. The molecule has 0 bridgehead atoms. The number of aryl methyl sites for hydroxylation is 2. The largest absolute Gasteiger partial charge is 0.395 e. The molecule has 2 atom stereocenters. The molecule has 100 valence electrons. The van der Waals surface area contributed by atoms with Crippen LogP contribution in [-0.2, 0) is 7.05 Å². The lowest BCUT2D eigenvalue weighted by Gasteiger charge is -2.19. The van der Waals surface area contributed by atoms with Crippen LogP contribution in [0.1, 0.15) is 35.4 Å². The van der Waals surface area contributed by atoms with Crippen LogP contribution in [0.25, 0.3) is 0 Å². The van der Waals surface area contributed by atoms with Gasteiger partial charge < -0.3 is 11.1 Å². The smallest absolute Gasteiger partial charge is 0.271 e. The number of nitrogens with zero attached hydrogens (tertiary/aromatic N) is 2. The molecule has 0 radical (unpaired) electrons. The van der Waals surface area contributed by atoms with Gasteiger partial charge in [-0.15, -0.1) is 0 Å². The molecule has 1 saturated carbocycles. The van der Waals surface area contributed by atoms with Crippen molar-refractivity contribution in [1.29, 1.82) is 0 Å². The van der Waals surface area contributed by atoms with Gasteiger partial charge in [-0.25, -0.2) is 0 Å². The summed E-state index contributed by atoms with van der Waals surface area (Å²) in [6.45, 7) is 1.81. The third-order valence-electron chi connectivity index (χ3n) is 3.56. The van der Waals surface area contributed by atoms with Gasteiger partial charge in [0.05, 0.1) is 11.4 Å². The maximum absolute atomic E-state index is 12.3. The van der Waals surface area contributed by atoms with E-state index in [0.717, 1.165) is 6.42 Å². The number of amides is 1. The fourth-order valence-corrected chi connectivity index (χ4v) is 3.49. The van der Waals surface area contributed by atoms with E-state index in [9.17, 15) is 4.79 Å². The number of nitrogens with two attached hydrogens (primary N) is 1. The van der Waals surface area contributed by atoms with Gasteiger partial charge in [-0.1, -0.05) is 6.42 Å². The fraction of sp³-hybridized carbons (Fsp3) is 0.667. The van der Waals surface area contributed by atoms with Crippen LogP contribution in [0.3, 0.4) is 0 Å². The Balaban J connectivity index is 2.12. The summed E-state index contributed by atoms with van der Waals surface area (Å²) in [4.78, 5) is 12.3. The third-order valence-corrected chi connectivity index (χ3v) is 4.73. The van der Waals surface area contributed by atoms with Gasteiger partial charge in [-0.2, -0.15) is 16.9 Å². The highest BCUT2D eigenvalue weighted by Gasteiger charge is 2.29. The SMILES string of the molecule is CSC1CCCC1NC(=O)c1c(N)c(C)nn1C. The summed E-state index contributed by atoms with van der Waals surface area (Å²) in [5, 5.41) is 7.78. The molecule has 5 nitrogen and oxygen atoms in total. The number of hydrogen-bond acceptors (Lipinski definition) is 4. The number of carbonyl (C=O) groups excluding carboxylic acids is 1. The van der Waals surface area contributed by atoms with Crippen molar-refractivity contribution in [3.05, 3.63) is 11.4 Å². The first-order chi connectivity index (χ1) is 8.54. The summed E-state index contributed by atoms with van der Waals surface area (Å²) in [6.07, 6.45) is 5.49. The lowest BCUT2D eigenvalue weighted by Crippen LogP contribution is -2.39. The lowest BCUT2D eigenvalue weighted by molar-refractivity contribution is 0.0930. The normalized spacial score (nSPS) is 23.3. The zero-order valence-corrected chi connectivity index (χ0v) is 11.9. The van der Waals surface area contributed by atoms with Crippen molar-refractivity contribution in [3.63, 3.8) is 0 Å². The van der Waals surface area contributed by atoms with Crippen molar-refractivity contribution >= 4 is 23.4 Å². The molecule has 1 aliphatic rings. The summed E-state index contributed by atoms with van der Waals surface area (Å²) in [5.74, 6) is -0.110. The van der Waals surface area contributed by atoms with Crippen LogP contribution in [0.5, 0.6) is 0 Å². The van der Waals surface area contributed by atoms with Crippen molar-refractivity contribution in [2.45, 2.75) is 37.5 Å². The van der Waals surface area contributed by atoms with Gasteiger partial charge in [0.15, 0.2) is 0 Å². The van der Waals surface area contributed by atoms with Crippen LogP contribution in [0.4, 0.5) is 5.69 Å². The Morgan fingerprint density at radius 2 is 2.28 bits per heavy atom. The molecule has 6 heteroatoms. The van der Waals surface area contributed by atoms with E-state index < -0.39 is 0 Å². The highest BCUT2D eigenvalue weighted by atomic mass is 32.2. The van der Waals surface area contributed by atoms with E-state index in [1.54, 1.807) is 11.7 Å². The lowest BCUT2D eigenvalue weighted by atomic mass is 10.2. The van der Waals surface area contributed by atoms with Gasteiger partial charge in [-0.05, 0) is 26.0 Å². The number of rotatable bonds is 3. The predicted octanol–water partition coefficient (Wildman–Crippen LogP) is 1.32.